The van der Waals surface area contributed by atoms with E-state index in [4.69, 9.17) is 0 Å². The van der Waals surface area contributed by atoms with Crippen LogP contribution < -0.4 is 0 Å². The molecule has 1 aromatic rings. The molecule has 0 radical (unpaired) electrons. The third-order valence-corrected chi connectivity index (χ3v) is 4.48. The van der Waals surface area contributed by atoms with Crippen LogP contribution in [0.1, 0.15) is 85.9 Å². The molecule has 23 heavy (non-hydrogen) atoms. The van der Waals surface area contributed by atoms with Crippen molar-refractivity contribution in [2.75, 3.05) is 0 Å². The van der Waals surface area contributed by atoms with Gasteiger partial charge in [-0.15, -0.1) is 0 Å². The van der Waals surface area contributed by atoms with Crippen LogP contribution in [0.4, 0.5) is 0 Å². The zero-order chi connectivity index (χ0) is 18.2. The third kappa shape index (κ3) is 4.97. The van der Waals surface area contributed by atoms with Crippen LogP contribution in [0.5, 0.6) is 5.75 Å². The zero-order valence-corrected chi connectivity index (χ0v) is 16.9. The second-order valence-electron chi connectivity index (χ2n) is 9.40. The first-order valence-electron chi connectivity index (χ1n) is 8.87. The Morgan fingerprint density at radius 2 is 1.17 bits per heavy atom. The molecule has 0 spiro atoms. The lowest BCUT2D eigenvalue weighted by Crippen LogP contribution is -2.36. The van der Waals surface area contributed by atoms with Crippen molar-refractivity contribution in [3.8, 4) is 5.75 Å². The first kappa shape index (κ1) is 20.0. The highest BCUT2D eigenvalue weighted by Gasteiger charge is 2.27. The van der Waals surface area contributed by atoms with Crippen molar-refractivity contribution in [2.24, 2.45) is 0 Å². The SMILES string of the molecule is CC(C)N(Cc1cc(C(C)(C)C)c(O)c(C(C)(C)C)c1)C(C)C. The second-order valence-corrected chi connectivity index (χ2v) is 9.40. The van der Waals surface area contributed by atoms with Gasteiger partial charge in [0, 0.05) is 18.6 Å². The molecule has 132 valence electrons. The van der Waals surface area contributed by atoms with Gasteiger partial charge in [0.15, 0.2) is 0 Å². The highest BCUT2D eigenvalue weighted by Crippen LogP contribution is 2.40. The summed E-state index contributed by atoms with van der Waals surface area (Å²) < 4.78 is 0. The van der Waals surface area contributed by atoms with Gasteiger partial charge in [-0.25, -0.2) is 0 Å². The molecule has 0 heterocycles. The molecule has 0 aliphatic carbocycles. The van der Waals surface area contributed by atoms with Crippen LogP contribution in [0, 0.1) is 0 Å². The zero-order valence-electron chi connectivity index (χ0n) is 16.9. The van der Waals surface area contributed by atoms with E-state index in [-0.39, 0.29) is 10.8 Å². The lowest BCUT2D eigenvalue weighted by Gasteiger charge is -2.33. The average Bonchev–Trinajstić information content (AvgIpc) is 2.33. The summed E-state index contributed by atoms with van der Waals surface area (Å²) in [7, 11) is 0. The van der Waals surface area contributed by atoms with E-state index >= 15 is 0 Å². The monoisotopic (exact) mass is 319 g/mol. The lowest BCUT2D eigenvalue weighted by molar-refractivity contribution is 0.166. The van der Waals surface area contributed by atoms with Crippen LogP contribution in [-0.4, -0.2) is 22.1 Å². The molecular weight excluding hydrogens is 282 g/mol. The number of rotatable bonds is 4. The summed E-state index contributed by atoms with van der Waals surface area (Å²) in [6, 6.07) is 5.39. The molecule has 0 fully saturated rings. The van der Waals surface area contributed by atoms with Gasteiger partial charge in [-0.3, -0.25) is 4.90 Å². The minimum atomic E-state index is -0.0689. The predicted octanol–water partition coefficient (Wildman–Crippen LogP) is 5.61. The molecule has 0 atom stereocenters. The van der Waals surface area contributed by atoms with E-state index in [9.17, 15) is 5.11 Å². The van der Waals surface area contributed by atoms with E-state index in [1.165, 1.54) is 5.56 Å². The molecule has 2 heteroatoms. The summed E-state index contributed by atoms with van der Waals surface area (Å²) in [5, 5.41) is 10.8. The maximum Gasteiger partial charge on any atom is 0.123 e. The number of nitrogens with zero attached hydrogens (tertiary/aromatic N) is 1. The van der Waals surface area contributed by atoms with Crippen molar-refractivity contribution in [1.29, 1.82) is 0 Å². The van der Waals surface area contributed by atoms with E-state index in [0.29, 0.717) is 17.8 Å². The van der Waals surface area contributed by atoms with Crippen molar-refractivity contribution >= 4 is 0 Å². The summed E-state index contributed by atoms with van der Waals surface area (Å²) in [5.41, 5.74) is 3.25. The van der Waals surface area contributed by atoms with Gasteiger partial charge in [0.1, 0.15) is 5.75 Å². The predicted molar refractivity (Wildman–Crippen MR) is 101 cm³/mol. The minimum Gasteiger partial charge on any atom is -0.507 e. The number of hydrogen-bond acceptors (Lipinski definition) is 2. The topological polar surface area (TPSA) is 23.5 Å². The van der Waals surface area contributed by atoms with Gasteiger partial charge < -0.3 is 5.11 Å². The largest absolute Gasteiger partial charge is 0.507 e. The van der Waals surface area contributed by atoms with Crippen molar-refractivity contribution in [2.45, 2.75) is 98.7 Å². The summed E-state index contributed by atoms with van der Waals surface area (Å²) in [6.07, 6.45) is 0. The van der Waals surface area contributed by atoms with E-state index in [1.807, 2.05) is 0 Å². The summed E-state index contributed by atoms with van der Waals surface area (Å²) in [5.74, 6) is 0.467. The fraction of sp³-hybridized carbons (Fsp3) is 0.714. The smallest absolute Gasteiger partial charge is 0.123 e. The number of phenolic OH excluding ortho intramolecular Hbond substituents is 1. The Hall–Kier alpha value is -1.02. The van der Waals surface area contributed by atoms with Crippen LogP contribution in [0.15, 0.2) is 12.1 Å². The molecule has 1 aromatic carbocycles. The van der Waals surface area contributed by atoms with Crippen LogP contribution in [0.25, 0.3) is 0 Å². The van der Waals surface area contributed by atoms with E-state index in [1.54, 1.807) is 0 Å². The quantitative estimate of drug-likeness (QED) is 0.780. The van der Waals surface area contributed by atoms with Gasteiger partial charge in [0.25, 0.3) is 0 Å². The average molecular weight is 320 g/mol. The summed E-state index contributed by atoms with van der Waals surface area (Å²) in [6.45, 7) is 22.9. The molecule has 0 amide bonds. The highest BCUT2D eigenvalue weighted by atomic mass is 16.3. The van der Waals surface area contributed by atoms with E-state index in [2.05, 4.69) is 86.3 Å². The van der Waals surface area contributed by atoms with Gasteiger partial charge in [0.05, 0.1) is 0 Å². The van der Waals surface area contributed by atoms with Crippen LogP contribution in [0.2, 0.25) is 0 Å². The van der Waals surface area contributed by atoms with Crippen LogP contribution in [-0.2, 0) is 17.4 Å². The number of phenols is 1. The highest BCUT2D eigenvalue weighted by molar-refractivity contribution is 5.49. The number of hydrogen-bond donors (Lipinski definition) is 1. The Morgan fingerprint density at radius 1 is 0.826 bits per heavy atom. The van der Waals surface area contributed by atoms with Crippen molar-refractivity contribution in [3.63, 3.8) is 0 Å². The molecular formula is C21H37NO. The Bertz CT molecular complexity index is 487. The van der Waals surface area contributed by atoms with Crippen molar-refractivity contribution in [1.82, 2.24) is 4.90 Å². The minimum absolute atomic E-state index is 0.0689. The van der Waals surface area contributed by atoms with E-state index in [0.717, 1.165) is 17.7 Å². The standard InChI is InChI=1S/C21H37NO/c1-14(2)22(15(3)4)13-16-11-17(20(5,6)7)19(23)18(12-16)21(8,9)10/h11-12,14-15,23H,13H2,1-10H3. The van der Waals surface area contributed by atoms with Gasteiger partial charge >= 0.3 is 0 Å². The number of aromatic hydroxyl groups is 1. The molecule has 0 saturated heterocycles. The van der Waals surface area contributed by atoms with Crippen LogP contribution in [0.3, 0.4) is 0 Å². The Morgan fingerprint density at radius 3 is 1.43 bits per heavy atom. The molecule has 0 unspecified atom stereocenters. The maximum atomic E-state index is 10.8. The molecule has 0 aromatic heterocycles. The molecule has 0 aliphatic heterocycles. The molecule has 2 nitrogen and oxygen atoms in total. The van der Waals surface area contributed by atoms with Gasteiger partial charge in [-0.05, 0) is 55.2 Å². The first-order chi connectivity index (χ1) is 10.2. The summed E-state index contributed by atoms with van der Waals surface area (Å²) >= 11 is 0. The maximum absolute atomic E-state index is 10.8. The van der Waals surface area contributed by atoms with Crippen LogP contribution >= 0.6 is 0 Å². The molecule has 0 aliphatic rings. The van der Waals surface area contributed by atoms with Gasteiger partial charge in [-0.2, -0.15) is 0 Å². The Kier molecular flexibility index (Phi) is 5.96. The normalized spacial score (nSPS) is 13.4. The third-order valence-electron chi connectivity index (χ3n) is 4.48. The van der Waals surface area contributed by atoms with Crippen molar-refractivity contribution in [3.05, 3.63) is 28.8 Å². The Labute approximate surface area is 143 Å². The fourth-order valence-corrected chi connectivity index (χ4v) is 3.10. The molecule has 0 bridgehead atoms. The number of benzene rings is 1. The first-order valence-corrected chi connectivity index (χ1v) is 8.87. The second kappa shape index (κ2) is 6.84. The lowest BCUT2D eigenvalue weighted by atomic mass is 9.78. The van der Waals surface area contributed by atoms with Gasteiger partial charge in [-0.1, -0.05) is 53.7 Å². The van der Waals surface area contributed by atoms with E-state index < -0.39 is 0 Å². The summed E-state index contributed by atoms with van der Waals surface area (Å²) in [4.78, 5) is 2.49. The van der Waals surface area contributed by atoms with Gasteiger partial charge in [0.2, 0.25) is 0 Å². The fourth-order valence-electron chi connectivity index (χ4n) is 3.10. The Balaban J connectivity index is 3.44. The van der Waals surface area contributed by atoms with Crippen molar-refractivity contribution < 1.29 is 5.11 Å². The molecule has 1 rings (SSSR count). The molecule has 0 saturated carbocycles. The molecule has 1 N–H and O–H groups in total.